The van der Waals surface area contributed by atoms with E-state index in [-0.39, 0.29) is 5.69 Å². The molecule has 0 spiro atoms. The minimum atomic E-state index is -0.651. The van der Waals surface area contributed by atoms with E-state index in [1.165, 1.54) is 4.80 Å². The minimum absolute atomic E-state index is 0.280. The molecule has 0 aliphatic rings. The number of rotatable bonds is 8. The number of aromatic nitrogens is 8. The van der Waals surface area contributed by atoms with Crippen LogP contribution in [0.5, 0.6) is 5.75 Å². The van der Waals surface area contributed by atoms with Crippen LogP contribution in [0.15, 0.2) is 36.4 Å². The Bertz CT molecular complexity index is 1710. The average Bonchev–Trinajstić information content (AvgIpc) is 3.53. The lowest BCUT2D eigenvalue weighted by Crippen LogP contribution is -2.21. The zero-order chi connectivity index (χ0) is 27.7. The molecule has 0 saturated carbocycles. The number of tetrazole rings is 1. The largest absolute Gasteiger partial charge is 0.496 e. The van der Waals surface area contributed by atoms with Gasteiger partial charge in [0.05, 0.1) is 30.8 Å². The highest BCUT2D eigenvalue weighted by Gasteiger charge is 2.24. The number of imidazole rings is 1. The van der Waals surface area contributed by atoms with Gasteiger partial charge in [0.25, 0.3) is 0 Å². The van der Waals surface area contributed by atoms with Gasteiger partial charge in [0.1, 0.15) is 35.0 Å². The van der Waals surface area contributed by atoms with E-state index in [4.69, 9.17) is 9.47 Å². The first-order chi connectivity index (χ1) is 18.7. The number of fused-ring (bicyclic) bond motifs is 1. The molecule has 0 unspecified atom stereocenters. The van der Waals surface area contributed by atoms with Crippen LogP contribution in [0.25, 0.3) is 22.6 Å². The molecule has 4 heterocycles. The van der Waals surface area contributed by atoms with E-state index < -0.39 is 5.60 Å². The van der Waals surface area contributed by atoms with Crippen molar-refractivity contribution in [1.29, 1.82) is 5.26 Å². The molecule has 39 heavy (non-hydrogen) atoms. The van der Waals surface area contributed by atoms with Crippen molar-refractivity contribution < 1.29 is 9.47 Å². The van der Waals surface area contributed by atoms with Crippen molar-refractivity contribution >= 4 is 22.8 Å². The smallest absolute Gasteiger partial charge is 0.208 e. The first kappa shape index (κ1) is 25.7. The molecule has 2 N–H and O–H groups in total. The van der Waals surface area contributed by atoms with Gasteiger partial charge in [-0.05, 0) is 61.4 Å². The van der Waals surface area contributed by atoms with Crippen molar-refractivity contribution in [1.82, 2.24) is 40.1 Å². The quantitative estimate of drug-likeness (QED) is 0.305. The van der Waals surface area contributed by atoms with Crippen LogP contribution in [0, 0.1) is 18.3 Å². The van der Waals surface area contributed by atoms with Crippen LogP contribution in [0.4, 0.5) is 11.6 Å². The molecular formula is C27H28N10O2. The molecule has 0 aliphatic carbocycles. The van der Waals surface area contributed by atoms with E-state index in [2.05, 4.69) is 46.7 Å². The van der Waals surface area contributed by atoms with Gasteiger partial charge in [0, 0.05) is 19.1 Å². The zero-order valence-electron chi connectivity index (χ0n) is 22.6. The van der Waals surface area contributed by atoms with Gasteiger partial charge >= 0.3 is 0 Å². The molecule has 0 fully saturated rings. The minimum Gasteiger partial charge on any atom is -0.496 e. The van der Waals surface area contributed by atoms with Gasteiger partial charge in [0.2, 0.25) is 5.82 Å². The van der Waals surface area contributed by atoms with Gasteiger partial charge in [-0.15, -0.1) is 10.2 Å². The maximum absolute atomic E-state index is 9.72. The predicted molar refractivity (Wildman–Crippen MR) is 144 cm³/mol. The number of para-hydroxylation sites is 1. The van der Waals surface area contributed by atoms with E-state index in [0.29, 0.717) is 40.8 Å². The normalized spacial score (nSPS) is 11.5. The Morgan fingerprint density at radius 2 is 1.90 bits per heavy atom. The molecule has 0 atom stereocenters. The third kappa shape index (κ3) is 4.99. The number of methoxy groups -OCH3 is 2. The lowest BCUT2D eigenvalue weighted by molar-refractivity contribution is 0.0187. The summed E-state index contributed by atoms with van der Waals surface area (Å²) in [5.74, 6) is 2.93. The van der Waals surface area contributed by atoms with Crippen LogP contribution in [-0.4, -0.2) is 54.4 Å². The van der Waals surface area contributed by atoms with Crippen molar-refractivity contribution in [3.05, 3.63) is 64.6 Å². The van der Waals surface area contributed by atoms with Crippen LogP contribution in [0.3, 0.4) is 0 Å². The molecule has 0 saturated heterocycles. The molecule has 0 aliphatic heterocycles. The lowest BCUT2D eigenvalue weighted by atomic mass is 9.96. The molecule has 0 amide bonds. The zero-order valence-corrected chi connectivity index (χ0v) is 22.6. The van der Waals surface area contributed by atoms with E-state index in [1.54, 1.807) is 27.3 Å². The summed E-state index contributed by atoms with van der Waals surface area (Å²) in [7, 11) is 4.95. The fraction of sp³-hybridized carbons (Fsp3) is 0.296. The summed E-state index contributed by atoms with van der Waals surface area (Å²) in [5, 5.41) is 25.4. The van der Waals surface area contributed by atoms with Crippen molar-refractivity contribution in [3.8, 4) is 23.2 Å². The summed E-state index contributed by atoms with van der Waals surface area (Å²) in [6.45, 7) is 5.67. The monoisotopic (exact) mass is 524 g/mol. The summed E-state index contributed by atoms with van der Waals surface area (Å²) in [4.78, 5) is 18.5. The van der Waals surface area contributed by atoms with Gasteiger partial charge in [-0.25, -0.2) is 15.0 Å². The van der Waals surface area contributed by atoms with Gasteiger partial charge in [-0.2, -0.15) is 10.1 Å². The van der Waals surface area contributed by atoms with Gasteiger partial charge in [-0.1, -0.05) is 12.1 Å². The number of benzene rings is 1. The number of nitrogens with one attached hydrogen (secondary N) is 2. The number of hydrogen-bond acceptors (Lipinski definition) is 10. The van der Waals surface area contributed by atoms with Crippen LogP contribution in [-0.2, 0) is 23.8 Å². The molecule has 5 rings (SSSR count). The lowest BCUT2D eigenvalue weighted by Gasteiger charge is -2.24. The Kier molecular flexibility index (Phi) is 6.67. The fourth-order valence-electron chi connectivity index (χ4n) is 4.45. The van der Waals surface area contributed by atoms with Gasteiger partial charge in [0.15, 0.2) is 5.65 Å². The Balaban J connectivity index is 1.54. The van der Waals surface area contributed by atoms with Gasteiger partial charge < -0.3 is 19.8 Å². The molecule has 1 aromatic carbocycles. The molecule has 4 aromatic heterocycles. The maximum Gasteiger partial charge on any atom is 0.208 e. The molecule has 0 bridgehead atoms. The first-order valence-corrected chi connectivity index (χ1v) is 12.2. The number of hydrogen-bond donors (Lipinski definition) is 2. The van der Waals surface area contributed by atoms with Crippen LogP contribution in [0.1, 0.15) is 42.1 Å². The second kappa shape index (κ2) is 10.1. The second-order valence-corrected chi connectivity index (χ2v) is 9.51. The highest BCUT2D eigenvalue weighted by molar-refractivity contribution is 5.79. The van der Waals surface area contributed by atoms with Crippen molar-refractivity contribution in [2.45, 2.75) is 32.8 Å². The Hall–Kier alpha value is -4.89. The highest BCUT2D eigenvalue weighted by Crippen LogP contribution is 2.34. The van der Waals surface area contributed by atoms with E-state index >= 15 is 0 Å². The third-order valence-corrected chi connectivity index (χ3v) is 6.51. The number of nitriles is 1. The van der Waals surface area contributed by atoms with Crippen molar-refractivity contribution in [2.75, 3.05) is 19.5 Å². The van der Waals surface area contributed by atoms with E-state index in [0.717, 1.165) is 28.0 Å². The fourth-order valence-corrected chi connectivity index (χ4v) is 4.45. The Morgan fingerprint density at radius 1 is 1.08 bits per heavy atom. The predicted octanol–water partition coefficient (Wildman–Crippen LogP) is 3.95. The van der Waals surface area contributed by atoms with Crippen molar-refractivity contribution in [3.63, 3.8) is 0 Å². The third-order valence-electron chi connectivity index (χ3n) is 6.51. The number of ether oxygens (including phenoxy) is 2. The first-order valence-electron chi connectivity index (χ1n) is 12.2. The standard InChI is InChI=1S/C27H28N10O2/c1-15-29-23-17(12-16-8-7-9-18(24(16)38-5)25-34-36-37(4)35-25)13-22(33-26(23)30-15)32-21-11-10-19(20(14-28)31-21)27(2,3)39-6/h7-11,13H,12H2,1-6H3,(H2,29,30,31,32,33). The van der Waals surface area contributed by atoms with Crippen LogP contribution in [0.2, 0.25) is 0 Å². The van der Waals surface area contributed by atoms with Gasteiger partial charge in [-0.3, -0.25) is 0 Å². The number of pyridine rings is 2. The Labute approximate surface area is 225 Å². The number of nitrogens with zero attached hydrogens (tertiary/aromatic N) is 8. The average molecular weight is 525 g/mol. The molecule has 12 heteroatoms. The second-order valence-electron chi connectivity index (χ2n) is 9.51. The molecule has 12 nitrogen and oxygen atoms in total. The summed E-state index contributed by atoms with van der Waals surface area (Å²) >= 11 is 0. The van der Waals surface area contributed by atoms with E-state index in [1.807, 2.05) is 51.1 Å². The van der Waals surface area contributed by atoms with E-state index in [9.17, 15) is 5.26 Å². The number of aryl methyl sites for hydroxylation is 2. The van der Waals surface area contributed by atoms with Crippen LogP contribution < -0.4 is 10.1 Å². The number of H-pyrrole nitrogens is 1. The summed E-state index contributed by atoms with van der Waals surface area (Å²) in [6.07, 6.45) is 0.518. The molecular weight excluding hydrogens is 496 g/mol. The highest BCUT2D eigenvalue weighted by atomic mass is 16.5. The summed E-state index contributed by atoms with van der Waals surface area (Å²) < 4.78 is 11.3. The molecule has 5 aromatic rings. The summed E-state index contributed by atoms with van der Waals surface area (Å²) in [6, 6.07) is 13.6. The SMILES string of the molecule is COc1c(Cc2cc(Nc3ccc(C(C)(C)OC)c(C#N)n3)nc3nc(C)[nH]c23)cccc1-c1nnn(C)n1. The number of anilines is 2. The van der Waals surface area contributed by atoms with Crippen molar-refractivity contribution in [2.24, 2.45) is 7.05 Å². The molecule has 0 radical (unpaired) electrons. The Morgan fingerprint density at radius 3 is 2.59 bits per heavy atom. The maximum atomic E-state index is 9.72. The topological polar surface area (TPSA) is 152 Å². The van der Waals surface area contributed by atoms with Crippen LogP contribution >= 0.6 is 0 Å². The molecule has 198 valence electrons. The summed E-state index contributed by atoms with van der Waals surface area (Å²) in [5.41, 5.74) is 4.36. The number of aromatic amines is 1.